The summed E-state index contributed by atoms with van der Waals surface area (Å²) in [6.07, 6.45) is 0. The highest BCUT2D eigenvalue weighted by Crippen LogP contribution is 2.33. The molecule has 0 radical (unpaired) electrons. The van der Waals surface area contributed by atoms with E-state index in [0.717, 1.165) is 11.4 Å². The fourth-order valence-corrected chi connectivity index (χ4v) is 2.14. The third-order valence-electron chi connectivity index (χ3n) is 2.92. The van der Waals surface area contributed by atoms with Gasteiger partial charge in [-0.2, -0.15) is 0 Å². The third kappa shape index (κ3) is 3.34. The van der Waals surface area contributed by atoms with Crippen LogP contribution in [0, 0.1) is 0 Å². The third-order valence-corrected chi connectivity index (χ3v) is 3.65. The normalized spacial score (nSPS) is 10.8. The number of hydrogen-bond acceptors (Lipinski definition) is 2. The number of nitrogen functional groups attached to an aromatic ring is 1. The molecule has 0 saturated carbocycles. The Morgan fingerprint density at radius 2 is 1.74 bits per heavy atom. The Hall–Kier alpha value is -1.38. The molecule has 0 unspecified atom stereocenters. The molecule has 3 N–H and O–H groups in total. The zero-order valence-corrected chi connectivity index (χ0v) is 12.4. The first kappa shape index (κ1) is 14.0. The summed E-state index contributed by atoms with van der Waals surface area (Å²) < 4.78 is 0. The number of nitrogens with one attached hydrogen (secondary N) is 1. The maximum atomic E-state index is 6.01. The van der Waals surface area contributed by atoms with E-state index < -0.39 is 0 Å². The van der Waals surface area contributed by atoms with Crippen molar-refractivity contribution in [1.82, 2.24) is 0 Å². The predicted octanol–water partition coefficient (Wildman–Crippen LogP) is 5.44. The van der Waals surface area contributed by atoms with Crippen LogP contribution in [0.1, 0.15) is 25.3 Å². The Labute approximate surface area is 123 Å². The summed E-state index contributed by atoms with van der Waals surface area (Å²) in [5.41, 5.74) is 9.51. The summed E-state index contributed by atoms with van der Waals surface area (Å²) in [6, 6.07) is 11.6. The van der Waals surface area contributed by atoms with Gasteiger partial charge in [0.1, 0.15) is 0 Å². The van der Waals surface area contributed by atoms with Crippen molar-refractivity contribution in [2.75, 3.05) is 11.1 Å². The van der Waals surface area contributed by atoms with E-state index in [2.05, 4.69) is 31.3 Å². The molecular formula is C15H16Cl2N2. The lowest BCUT2D eigenvalue weighted by molar-refractivity contribution is 0.867. The fourth-order valence-electron chi connectivity index (χ4n) is 1.80. The molecule has 2 nitrogen and oxygen atoms in total. The Bertz CT molecular complexity index is 595. The topological polar surface area (TPSA) is 38.0 Å². The van der Waals surface area contributed by atoms with Gasteiger partial charge in [0, 0.05) is 5.69 Å². The largest absolute Gasteiger partial charge is 0.397 e. The number of nitrogens with two attached hydrogens (primary N) is 1. The molecule has 100 valence electrons. The molecule has 0 aliphatic heterocycles. The SMILES string of the molecule is CC(C)c1cccc(Nc2cc(Cl)c(Cl)cc2N)c1. The average Bonchev–Trinajstić information content (AvgIpc) is 2.36. The van der Waals surface area contributed by atoms with Crippen molar-refractivity contribution in [3.8, 4) is 0 Å². The molecule has 0 spiro atoms. The molecule has 0 saturated heterocycles. The summed E-state index contributed by atoms with van der Waals surface area (Å²) in [7, 11) is 0. The van der Waals surface area contributed by atoms with E-state index in [1.165, 1.54) is 5.56 Å². The Kier molecular flexibility index (Phi) is 4.23. The van der Waals surface area contributed by atoms with Crippen LogP contribution in [-0.2, 0) is 0 Å². The first-order valence-electron chi connectivity index (χ1n) is 6.09. The molecule has 0 atom stereocenters. The van der Waals surface area contributed by atoms with Crippen LogP contribution in [0.2, 0.25) is 10.0 Å². The highest BCUT2D eigenvalue weighted by atomic mass is 35.5. The highest BCUT2D eigenvalue weighted by molar-refractivity contribution is 6.42. The van der Waals surface area contributed by atoms with Gasteiger partial charge in [0.2, 0.25) is 0 Å². The summed E-state index contributed by atoms with van der Waals surface area (Å²) in [4.78, 5) is 0. The van der Waals surface area contributed by atoms with Gasteiger partial charge >= 0.3 is 0 Å². The Morgan fingerprint density at radius 3 is 2.42 bits per heavy atom. The van der Waals surface area contributed by atoms with Gasteiger partial charge < -0.3 is 11.1 Å². The van der Waals surface area contributed by atoms with E-state index in [-0.39, 0.29) is 0 Å². The van der Waals surface area contributed by atoms with E-state index in [1.54, 1.807) is 12.1 Å². The van der Waals surface area contributed by atoms with Crippen LogP contribution in [0.3, 0.4) is 0 Å². The van der Waals surface area contributed by atoms with Gasteiger partial charge in [-0.3, -0.25) is 0 Å². The second-order valence-corrected chi connectivity index (χ2v) is 5.57. The van der Waals surface area contributed by atoms with Crippen LogP contribution >= 0.6 is 23.2 Å². The van der Waals surface area contributed by atoms with Crippen molar-refractivity contribution in [3.63, 3.8) is 0 Å². The molecule has 2 aromatic rings. The molecule has 0 amide bonds. The van der Waals surface area contributed by atoms with E-state index in [4.69, 9.17) is 28.9 Å². The monoisotopic (exact) mass is 294 g/mol. The van der Waals surface area contributed by atoms with Crippen molar-refractivity contribution in [3.05, 3.63) is 52.0 Å². The van der Waals surface area contributed by atoms with Crippen LogP contribution in [0.25, 0.3) is 0 Å². The summed E-state index contributed by atoms with van der Waals surface area (Å²) >= 11 is 11.9. The van der Waals surface area contributed by atoms with Crippen LogP contribution in [0.4, 0.5) is 17.1 Å². The maximum Gasteiger partial charge on any atom is 0.0633 e. The second-order valence-electron chi connectivity index (χ2n) is 4.76. The van der Waals surface area contributed by atoms with Crippen molar-refractivity contribution in [1.29, 1.82) is 0 Å². The first-order valence-corrected chi connectivity index (χ1v) is 6.84. The van der Waals surface area contributed by atoms with Gasteiger partial charge in [0.15, 0.2) is 0 Å². The van der Waals surface area contributed by atoms with Crippen LogP contribution in [-0.4, -0.2) is 0 Å². The van der Waals surface area contributed by atoms with Crippen molar-refractivity contribution in [2.24, 2.45) is 0 Å². The molecule has 2 rings (SSSR count). The lowest BCUT2D eigenvalue weighted by Gasteiger charge is -2.13. The Morgan fingerprint density at radius 1 is 1.05 bits per heavy atom. The number of benzene rings is 2. The quantitative estimate of drug-likeness (QED) is 0.740. The van der Waals surface area contributed by atoms with Crippen molar-refractivity contribution in [2.45, 2.75) is 19.8 Å². The fraction of sp³-hybridized carbons (Fsp3) is 0.200. The summed E-state index contributed by atoms with van der Waals surface area (Å²) in [5.74, 6) is 0.480. The molecule has 0 aliphatic carbocycles. The van der Waals surface area contributed by atoms with Gasteiger partial charge in [0.05, 0.1) is 21.4 Å². The average molecular weight is 295 g/mol. The molecule has 2 aromatic carbocycles. The molecule has 0 heterocycles. The van der Waals surface area contributed by atoms with Crippen molar-refractivity contribution >= 4 is 40.3 Å². The molecule has 0 aromatic heterocycles. The van der Waals surface area contributed by atoms with Crippen LogP contribution < -0.4 is 11.1 Å². The molecule has 19 heavy (non-hydrogen) atoms. The molecule has 0 aliphatic rings. The second kappa shape index (κ2) is 5.72. The minimum atomic E-state index is 0.459. The molecule has 4 heteroatoms. The summed E-state index contributed by atoms with van der Waals surface area (Å²) in [5, 5.41) is 4.21. The smallest absolute Gasteiger partial charge is 0.0633 e. The predicted molar refractivity (Wildman–Crippen MR) is 84.7 cm³/mol. The Balaban J connectivity index is 2.31. The zero-order chi connectivity index (χ0) is 14.0. The van der Waals surface area contributed by atoms with Gasteiger partial charge in [-0.25, -0.2) is 0 Å². The first-order chi connectivity index (χ1) is 8.97. The maximum absolute atomic E-state index is 6.01. The van der Waals surface area contributed by atoms with E-state index in [9.17, 15) is 0 Å². The highest BCUT2D eigenvalue weighted by Gasteiger charge is 2.06. The van der Waals surface area contributed by atoms with E-state index in [1.807, 2.05) is 12.1 Å². The molecular weight excluding hydrogens is 279 g/mol. The van der Waals surface area contributed by atoms with Crippen LogP contribution in [0.15, 0.2) is 36.4 Å². The van der Waals surface area contributed by atoms with Crippen LogP contribution in [0.5, 0.6) is 0 Å². The van der Waals surface area contributed by atoms with Gasteiger partial charge in [-0.05, 0) is 35.7 Å². The number of hydrogen-bond donors (Lipinski definition) is 2. The van der Waals surface area contributed by atoms with Gasteiger partial charge in [-0.15, -0.1) is 0 Å². The lowest BCUT2D eigenvalue weighted by atomic mass is 10.0. The minimum Gasteiger partial charge on any atom is -0.397 e. The lowest BCUT2D eigenvalue weighted by Crippen LogP contribution is -1.97. The van der Waals surface area contributed by atoms with Gasteiger partial charge in [0.25, 0.3) is 0 Å². The minimum absolute atomic E-state index is 0.459. The molecule has 0 fully saturated rings. The standard InChI is InChI=1S/C15H16Cl2N2/c1-9(2)10-4-3-5-11(6-10)19-15-8-13(17)12(16)7-14(15)18/h3-9,19H,18H2,1-2H3. The van der Waals surface area contributed by atoms with E-state index >= 15 is 0 Å². The van der Waals surface area contributed by atoms with E-state index in [0.29, 0.717) is 21.7 Å². The zero-order valence-electron chi connectivity index (χ0n) is 10.9. The number of rotatable bonds is 3. The summed E-state index contributed by atoms with van der Waals surface area (Å²) in [6.45, 7) is 4.32. The van der Waals surface area contributed by atoms with Gasteiger partial charge in [-0.1, -0.05) is 49.2 Å². The van der Waals surface area contributed by atoms with Crippen molar-refractivity contribution < 1.29 is 0 Å². The number of halogens is 2. The number of anilines is 3. The molecule has 0 bridgehead atoms.